The summed E-state index contributed by atoms with van der Waals surface area (Å²) in [5.41, 5.74) is 1.11. The third-order valence-electron chi connectivity index (χ3n) is 3.78. The zero-order chi connectivity index (χ0) is 12.4. The molecule has 1 saturated carbocycles. The molecule has 3 rings (SSSR count). The van der Waals surface area contributed by atoms with Crippen LogP contribution in [0, 0.1) is 0 Å². The van der Waals surface area contributed by atoms with Crippen LogP contribution in [0.5, 0.6) is 0 Å². The summed E-state index contributed by atoms with van der Waals surface area (Å²) in [6.45, 7) is 2.72. The number of rotatable bonds is 4. The molecule has 2 fully saturated rings. The van der Waals surface area contributed by atoms with Crippen LogP contribution < -0.4 is 5.32 Å². The highest BCUT2D eigenvalue weighted by molar-refractivity contribution is 5.12. The number of hydrogen-bond donors (Lipinski definition) is 1. The van der Waals surface area contributed by atoms with Crippen LogP contribution in [0.2, 0.25) is 0 Å². The fourth-order valence-corrected chi connectivity index (χ4v) is 2.57. The lowest BCUT2D eigenvalue weighted by atomic mass is 10.0. The molecule has 1 aliphatic heterocycles. The summed E-state index contributed by atoms with van der Waals surface area (Å²) in [5.74, 6) is 0. The number of likely N-dealkylation sites (N-methyl/N-ethyl adjacent to an activating group) is 1. The molecule has 2 aliphatic rings. The minimum Gasteiger partial charge on any atom is -0.374 e. The Morgan fingerprint density at radius 1 is 1.44 bits per heavy atom. The van der Waals surface area contributed by atoms with Crippen molar-refractivity contribution in [2.75, 3.05) is 26.7 Å². The quantitative estimate of drug-likeness (QED) is 0.867. The molecule has 0 amide bonds. The number of ether oxygens (including phenoxy) is 1. The predicted molar refractivity (Wildman–Crippen MR) is 70.4 cm³/mol. The van der Waals surface area contributed by atoms with Crippen molar-refractivity contribution in [2.24, 2.45) is 0 Å². The van der Waals surface area contributed by atoms with Crippen LogP contribution >= 0.6 is 0 Å². The Hall–Kier alpha value is -0.970. The molecule has 1 aromatic heterocycles. The molecule has 0 bridgehead atoms. The maximum Gasteiger partial charge on any atom is 0.0911 e. The van der Waals surface area contributed by atoms with Crippen molar-refractivity contribution >= 4 is 0 Å². The first kappa shape index (κ1) is 12.1. The first-order valence-electron chi connectivity index (χ1n) is 6.81. The van der Waals surface area contributed by atoms with Gasteiger partial charge in [-0.3, -0.25) is 9.88 Å². The summed E-state index contributed by atoms with van der Waals surface area (Å²) in [7, 11) is 2.16. The second-order valence-corrected chi connectivity index (χ2v) is 5.27. The van der Waals surface area contributed by atoms with Crippen molar-refractivity contribution in [2.45, 2.75) is 31.0 Å². The summed E-state index contributed by atoms with van der Waals surface area (Å²) in [6.07, 6.45) is 4.70. The van der Waals surface area contributed by atoms with Gasteiger partial charge in [0, 0.05) is 25.3 Å². The van der Waals surface area contributed by atoms with Gasteiger partial charge in [0.05, 0.1) is 24.4 Å². The topological polar surface area (TPSA) is 37.4 Å². The molecular formula is C14H21N3O. The van der Waals surface area contributed by atoms with Gasteiger partial charge >= 0.3 is 0 Å². The molecule has 4 nitrogen and oxygen atoms in total. The standard InChI is InChI=1S/C14H21N3O/c1-17-8-9-18-13(10-16-11-5-6-11)14(17)12-4-2-3-7-15-12/h2-4,7,11,13-14,16H,5-6,8-10H2,1H3. The average molecular weight is 247 g/mol. The van der Waals surface area contributed by atoms with Crippen LogP contribution in [0.3, 0.4) is 0 Å². The lowest BCUT2D eigenvalue weighted by Crippen LogP contribution is -2.48. The molecular weight excluding hydrogens is 226 g/mol. The van der Waals surface area contributed by atoms with Gasteiger partial charge in [-0.05, 0) is 32.0 Å². The van der Waals surface area contributed by atoms with Gasteiger partial charge in [0.2, 0.25) is 0 Å². The van der Waals surface area contributed by atoms with Gasteiger partial charge in [0.1, 0.15) is 0 Å². The summed E-state index contributed by atoms with van der Waals surface area (Å²) < 4.78 is 5.95. The van der Waals surface area contributed by atoms with E-state index in [0.29, 0.717) is 0 Å². The normalized spacial score (nSPS) is 29.4. The van der Waals surface area contributed by atoms with Gasteiger partial charge in [0.15, 0.2) is 0 Å². The molecule has 2 heterocycles. The molecule has 4 heteroatoms. The van der Waals surface area contributed by atoms with Crippen molar-refractivity contribution in [3.05, 3.63) is 30.1 Å². The van der Waals surface area contributed by atoms with Gasteiger partial charge < -0.3 is 10.1 Å². The highest BCUT2D eigenvalue weighted by atomic mass is 16.5. The Bertz CT molecular complexity index is 380. The maximum atomic E-state index is 5.95. The maximum absolute atomic E-state index is 5.95. The van der Waals surface area contributed by atoms with Crippen molar-refractivity contribution in [3.8, 4) is 0 Å². The molecule has 1 aromatic rings. The van der Waals surface area contributed by atoms with Crippen LogP contribution in [-0.4, -0.2) is 48.8 Å². The number of aromatic nitrogens is 1. The monoisotopic (exact) mass is 247 g/mol. The van der Waals surface area contributed by atoms with Crippen LogP contribution in [-0.2, 0) is 4.74 Å². The van der Waals surface area contributed by atoms with E-state index in [-0.39, 0.29) is 12.1 Å². The van der Waals surface area contributed by atoms with Gasteiger partial charge in [0.25, 0.3) is 0 Å². The number of hydrogen-bond acceptors (Lipinski definition) is 4. The van der Waals surface area contributed by atoms with Crippen molar-refractivity contribution < 1.29 is 4.74 Å². The van der Waals surface area contributed by atoms with E-state index in [0.717, 1.165) is 31.4 Å². The van der Waals surface area contributed by atoms with E-state index in [4.69, 9.17) is 4.74 Å². The van der Waals surface area contributed by atoms with Crippen molar-refractivity contribution in [1.82, 2.24) is 15.2 Å². The van der Waals surface area contributed by atoms with Gasteiger partial charge in [-0.25, -0.2) is 0 Å². The lowest BCUT2D eigenvalue weighted by Gasteiger charge is -2.38. The Morgan fingerprint density at radius 3 is 3.06 bits per heavy atom. The second-order valence-electron chi connectivity index (χ2n) is 5.27. The van der Waals surface area contributed by atoms with Crippen molar-refractivity contribution in [3.63, 3.8) is 0 Å². The molecule has 1 aliphatic carbocycles. The van der Waals surface area contributed by atoms with E-state index in [2.05, 4.69) is 34.4 Å². The third-order valence-corrected chi connectivity index (χ3v) is 3.78. The van der Waals surface area contributed by atoms with Gasteiger partial charge in [-0.2, -0.15) is 0 Å². The van der Waals surface area contributed by atoms with E-state index in [1.807, 2.05) is 12.3 Å². The van der Waals surface area contributed by atoms with Crippen molar-refractivity contribution in [1.29, 1.82) is 0 Å². The molecule has 1 N–H and O–H groups in total. The molecule has 1 saturated heterocycles. The van der Waals surface area contributed by atoms with Crippen LogP contribution in [0.1, 0.15) is 24.6 Å². The molecule has 0 aromatic carbocycles. The van der Waals surface area contributed by atoms with Crippen LogP contribution in [0.15, 0.2) is 24.4 Å². The van der Waals surface area contributed by atoms with Gasteiger partial charge in [-0.1, -0.05) is 6.07 Å². The SMILES string of the molecule is CN1CCOC(CNC2CC2)C1c1ccccn1. The number of pyridine rings is 1. The zero-order valence-electron chi connectivity index (χ0n) is 10.9. The molecule has 2 atom stereocenters. The molecule has 98 valence electrons. The van der Waals surface area contributed by atoms with E-state index in [9.17, 15) is 0 Å². The number of nitrogens with one attached hydrogen (secondary N) is 1. The molecule has 0 spiro atoms. The average Bonchev–Trinajstić information content (AvgIpc) is 3.21. The molecule has 0 radical (unpaired) electrons. The first-order chi connectivity index (χ1) is 8.84. The lowest BCUT2D eigenvalue weighted by molar-refractivity contribution is -0.0628. The summed E-state index contributed by atoms with van der Waals surface area (Å²) in [5, 5.41) is 3.57. The van der Waals surface area contributed by atoms with E-state index < -0.39 is 0 Å². The Balaban J connectivity index is 1.72. The Labute approximate surface area is 108 Å². The zero-order valence-corrected chi connectivity index (χ0v) is 10.9. The van der Waals surface area contributed by atoms with E-state index in [1.165, 1.54) is 12.8 Å². The first-order valence-corrected chi connectivity index (χ1v) is 6.81. The predicted octanol–water partition coefficient (Wildman–Crippen LogP) is 1.21. The van der Waals surface area contributed by atoms with E-state index >= 15 is 0 Å². The minimum absolute atomic E-state index is 0.208. The fourth-order valence-electron chi connectivity index (χ4n) is 2.57. The molecule has 18 heavy (non-hydrogen) atoms. The highest BCUT2D eigenvalue weighted by Crippen LogP contribution is 2.27. The Morgan fingerprint density at radius 2 is 2.33 bits per heavy atom. The summed E-state index contributed by atoms with van der Waals surface area (Å²) in [4.78, 5) is 6.85. The summed E-state index contributed by atoms with van der Waals surface area (Å²) >= 11 is 0. The fraction of sp³-hybridized carbons (Fsp3) is 0.643. The smallest absolute Gasteiger partial charge is 0.0911 e. The summed E-state index contributed by atoms with van der Waals surface area (Å²) in [6, 6.07) is 7.11. The second kappa shape index (κ2) is 5.34. The minimum atomic E-state index is 0.208. The molecule has 2 unspecified atom stereocenters. The number of morpholine rings is 1. The largest absolute Gasteiger partial charge is 0.374 e. The van der Waals surface area contributed by atoms with Crippen LogP contribution in [0.25, 0.3) is 0 Å². The Kier molecular flexibility index (Phi) is 3.59. The third kappa shape index (κ3) is 2.71. The van der Waals surface area contributed by atoms with Gasteiger partial charge in [-0.15, -0.1) is 0 Å². The van der Waals surface area contributed by atoms with E-state index in [1.54, 1.807) is 0 Å². The highest BCUT2D eigenvalue weighted by Gasteiger charge is 2.33. The van der Waals surface area contributed by atoms with Crippen LogP contribution in [0.4, 0.5) is 0 Å². The number of nitrogens with zero attached hydrogens (tertiary/aromatic N) is 2.